The van der Waals surface area contributed by atoms with Crippen molar-refractivity contribution >= 4 is 11.8 Å². The van der Waals surface area contributed by atoms with Crippen LogP contribution in [-0.2, 0) is 16.1 Å². The molecule has 162 valence electrons. The van der Waals surface area contributed by atoms with Gasteiger partial charge in [0.15, 0.2) is 6.61 Å². The Morgan fingerprint density at radius 1 is 0.933 bits per heavy atom. The number of hydrogen-bond donors (Lipinski definition) is 1. The van der Waals surface area contributed by atoms with Gasteiger partial charge >= 0.3 is 0 Å². The zero-order chi connectivity index (χ0) is 22.1. The van der Waals surface area contributed by atoms with Gasteiger partial charge in [0.05, 0.1) is 14.2 Å². The number of ether oxygens (including phenoxy) is 3. The van der Waals surface area contributed by atoms with Crippen LogP contribution < -0.4 is 19.5 Å². The third kappa shape index (κ3) is 6.69. The number of carbonyl (C=O) groups is 2. The number of rotatable bonds is 10. The maximum absolute atomic E-state index is 13.0. The Bertz CT molecular complexity index is 836. The van der Waals surface area contributed by atoms with Crippen LogP contribution in [0.4, 0.5) is 0 Å². The van der Waals surface area contributed by atoms with Crippen molar-refractivity contribution in [1.29, 1.82) is 0 Å². The van der Waals surface area contributed by atoms with Crippen LogP contribution in [0.2, 0.25) is 0 Å². The summed E-state index contributed by atoms with van der Waals surface area (Å²) in [6, 6.07) is 13.7. The van der Waals surface area contributed by atoms with Gasteiger partial charge in [0.2, 0.25) is 5.91 Å². The molecule has 1 unspecified atom stereocenters. The molecule has 2 amide bonds. The van der Waals surface area contributed by atoms with Gasteiger partial charge in [0, 0.05) is 12.6 Å². The second-order valence-corrected chi connectivity index (χ2v) is 7.18. The molecule has 7 heteroatoms. The summed E-state index contributed by atoms with van der Waals surface area (Å²) in [5, 5.41) is 2.86. The van der Waals surface area contributed by atoms with Gasteiger partial charge in [-0.3, -0.25) is 9.59 Å². The van der Waals surface area contributed by atoms with E-state index in [1.165, 1.54) is 4.90 Å². The van der Waals surface area contributed by atoms with Crippen LogP contribution in [0.3, 0.4) is 0 Å². The molecule has 0 aliphatic rings. The highest BCUT2D eigenvalue weighted by molar-refractivity contribution is 5.88. The molecular weight excluding hydrogens is 384 g/mol. The molecule has 2 rings (SSSR count). The average Bonchev–Trinajstić information content (AvgIpc) is 2.75. The number of benzene rings is 2. The minimum absolute atomic E-state index is 0.0238. The third-order valence-corrected chi connectivity index (χ3v) is 4.51. The van der Waals surface area contributed by atoms with E-state index in [9.17, 15) is 9.59 Å². The van der Waals surface area contributed by atoms with Gasteiger partial charge in [-0.05, 0) is 62.7 Å². The lowest BCUT2D eigenvalue weighted by atomic mass is 10.1. The van der Waals surface area contributed by atoms with Crippen molar-refractivity contribution < 1.29 is 23.8 Å². The summed E-state index contributed by atoms with van der Waals surface area (Å²) in [4.78, 5) is 27.1. The Kier molecular flexibility index (Phi) is 8.53. The summed E-state index contributed by atoms with van der Waals surface area (Å²) in [6.07, 6.45) is 0. The standard InChI is InChI=1S/C23H30N2O5/c1-16(2)24-23(27)17(3)25(14-18-7-6-8-21(13-18)29-5)22(26)15-30-20-11-9-19(28-4)10-12-20/h6-13,16-17H,14-15H2,1-5H3,(H,24,27). The molecule has 0 fully saturated rings. The van der Waals surface area contributed by atoms with E-state index in [2.05, 4.69) is 5.32 Å². The predicted octanol–water partition coefficient (Wildman–Crippen LogP) is 3.02. The molecule has 0 saturated heterocycles. The first-order chi connectivity index (χ1) is 14.3. The minimum Gasteiger partial charge on any atom is -0.497 e. The first-order valence-electron chi connectivity index (χ1n) is 9.83. The largest absolute Gasteiger partial charge is 0.497 e. The predicted molar refractivity (Wildman–Crippen MR) is 115 cm³/mol. The number of hydrogen-bond acceptors (Lipinski definition) is 5. The summed E-state index contributed by atoms with van der Waals surface area (Å²) < 4.78 is 16.0. The zero-order valence-electron chi connectivity index (χ0n) is 18.2. The Hall–Kier alpha value is -3.22. The summed E-state index contributed by atoms with van der Waals surface area (Å²) in [7, 11) is 3.17. The van der Waals surface area contributed by atoms with E-state index in [1.807, 2.05) is 38.1 Å². The monoisotopic (exact) mass is 414 g/mol. The molecule has 2 aromatic rings. The van der Waals surface area contributed by atoms with Crippen LogP contribution in [0.25, 0.3) is 0 Å². The molecule has 7 nitrogen and oxygen atoms in total. The normalized spacial score (nSPS) is 11.5. The lowest BCUT2D eigenvalue weighted by molar-refractivity contribution is -0.142. The van der Waals surface area contributed by atoms with Crippen LogP contribution in [0.5, 0.6) is 17.2 Å². The van der Waals surface area contributed by atoms with Gasteiger partial charge < -0.3 is 24.4 Å². The van der Waals surface area contributed by atoms with Gasteiger partial charge in [-0.1, -0.05) is 12.1 Å². The molecular formula is C23H30N2O5. The van der Waals surface area contributed by atoms with Crippen molar-refractivity contribution in [2.45, 2.75) is 39.4 Å². The summed E-state index contributed by atoms with van der Waals surface area (Å²) in [5.41, 5.74) is 0.858. The van der Waals surface area contributed by atoms with Crippen LogP contribution >= 0.6 is 0 Å². The van der Waals surface area contributed by atoms with E-state index < -0.39 is 6.04 Å². The van der Waals surface area contributed by atoms with Gasteiger partial charge in [-0.25, -0.2) is 0 Å². The van der Waals surface area contributed by atoms with Gasteiger partial charge in [-0.15, -0.1) is 0 Å². The van der Waals surface area contributed by atoms with Crippen molar-refractivity contribution in [2.24, 2.45) is 0 Å². The van der Waals surface area contributed by atoms with Crippen molar-refractivity contribution in [3.05, 3.63) is 54.1 Å². The molecule has 0 aromatic heterocycles. The van der Waals surface area contributed by atoms with E-state index in [1.54, 1.807) is 45.4 Å². The summed E-state index contributed by atoms with van der Waals surface area (Å²) >= 11 is 0. The van der Waals surface area contributed by atoms with Gasteiger partial charge in [0.1, 0.15) is 23.3 Å². The fourth-order valence-electron chi connectivity index (χ4n) is 2.86. The van der Waals surface area contributed by atoms with E-state index in [0.29, 0.717) is 17.2 Å². The molecule has 0 bridgehead atoms. The molecule has 0 aliphatic heterocycles. The number of amides is 2. The van der Waals surface area contributed by atoms with Crippen LogP contribution in [-0.4, -0.2) is 49.6 Å². The first kappa shape index (κ1) is 23.1. The Morgan fingerprint density at radius 2 is 1.57 bits per heavy atom. The maximum atomic E-state index is 13.0. The molecule has 0 saturated carbocycles. The lowest BCUT2D eigenvalue weighted by Gasteiger charge is -2.29. The Morgan fingerprint density at radius 3 is 2.17 bits per heavy atom. The zero-order valence-corrected chi connectivity index (χ0v) is 18.2. The number of nitrogens with one attached hydrogen (secondary N) is 1. The van der Waals surface area contributed by atoms with Crippen LogP contribution in [0.15, 0.2) is 48.5 Å². The average molecular weight is 415 g/mol. The molecule has 0 heterocycles. The summed E-state index contributed by atoms with van der Waals surface area (Å²) in [6.45, 7) is 5.55. The molecule has 30 heavy (non-hydrogen) atoms. The van der Waals surface area contributed by atoms with Crippen molar-refractivity contribution in [1.82, 2.24) is 10.2 Å². The highest BCUT2D eigenvalue weighted by atomic mass is 16.5. The smallest absolute Gasteiger partial charge is 0.261 e. The molecule has 0 aliphatic carbocycles. The number of carbonyl (C=O) groups excluding carboxylic acids is 2. The van der Waals surface area contributed by atoms with Crippen molar-refractivity contribution in [3.63, 3.8) is 0 Å². The molecule has 0 spiro atoms. The SMILES string of the molecule is COc1ccc(OCC(=O)N(Cc2cccc(OC)c2)C(C)C(=O)NC(C)C)cc1. The van der Waals surface area contributed by atoms with E-state index >= 15 is 0 Å². The summed E-state index contributed by atoms with van der Waals surface area (Å²) in [5.74, 6) is 1.43. The van der Waals surface area contributed by atoms with Crippen LogP contribution in [0, 0.1) is 0 Å². The van der Waals surface area contributed by atoms with E-state index in [-0.39, 0.29) is 31.0 Å². The molecule has 2 aromatic carbocycles. The van der Waals surface area contributed by atoms with E-state index in [0.717, 1.165) is 5.56 Å². The molecule has 1 atom stereocenters. The number of nitrogens with zero attached hydrogens (tertiary/aromatic N) is 1. The fourth-order valence-corrected chi connectivity index (χ4v) is 2.86. The second kappa shape index (κ2) is 11.1. The van der Waals surface area contributed by atoms with Crippen molar-refractivity contribution in [3.8, 4) is 17.2 Å². The minimum atomic E-state index is -0.662. The number of methoxy groups -OCH3 is 2. The Labute approximate surface area is 177 Å². The quantitative estimate of drug-likeness (QED) is 0.647. The lowest BCUT2D eigenvalue weighted by Crippen LogP contribution is -2.50. The highest BCUT2D eigenvalue weighted by Crippen LogP contribution is 2.19. The van der Waals surface area contributed by atoms with Gasteiger partial charge in [-0.2, -0.15) is 0 Å². The van der Waals surface area contributed by atoms with Crippen molar-refractivity contribution in [2.75, 3.05) is 20.8 Å². The van der Waals surface area contributed by atoms with Gasteiger partial charge in [0.25, 0.3) is 5.91 Å². The molecule has 1 N–H and O–H groups in total. The Balaban J connectivity index is 2.15. The topological polar surface area (TPSA) is 77.1 Å². The second-order valence-electron chi connectivity index (χ2n) is 7.18. The third-order valence-electron chi connectivity index (χ3n) is 4.51. The van der Waals surface area contributed by atoms with Crippen LogP contribution in [0.1, 0.15) is 26.3 Å². The maximum Gasteiger partial charge on any atom is 0.261 e. The highest BCUT2D eigenvalue weighted by Gasteiger charge is 2.27. The fraction of sp³-hybridized carbons (Fsp3) is 0.391. The van der Waals surface area contributed by atoms with E-state index in [4.69, 9.17) is 14.2 Å². The first-order valence-corrected chi connectivity index (χ1v) is 9.83. The molecule has 0 radical (unpaired) electrons.